The van der Waals surface area contributed by atoms with Gasteiger partial charge < -0.3 is 0 Å². The SMILES string of the molecule is Cc1cccc(C)c1C(=O)C(C#N)c1ccc(Cl)cc1Cl. The van der Waals surface area contributed by atoms with Gasteiger partial charge in [-0.2, -0.15) is 5.26 Å². The lowest BCUT2D eigenvalue weighted by atomic mass is 9.88. The molecule has 0 N–H and O–H groups in total. The second-order valence-corrected chi connectivity index (χ2v) is 5.70. The number of Topliss-reactive ketones (excluding diaryl/α,β-unsaturated/α-hetero) is 1. The maximum atomic E-state index is 12.7. The minimum Gasteiger partial charge on any atom is -0.292 e. The molecule has 2 rings (SSSR count). The number of halogens is 2. The third kappa shape index (κ3) is 3.10. The largest absolute Gasteiger partial charge is 0.292 e. The van der Waals surface area contributed by atoms with Crippen molar-refractivity contribution in [1.29, 1.82) is 5.26 Å². The van der Waals surface area contributed by atoms with Crippen LogP contribution in [0.4, 0.5) is 0 Å². The Hall–Kier alpha value is -1.82. The van der Waals surface area contributed by atoms with Gasteiger partial charge in [0.1, 0.15) is 5.92 Å². The average molecular weight is 318 g/mol. The second-order valence-electron chi connectivity index (χ2n) is 4.86. The molecule has 21 heavy (non-hydrogen) atoms. The summed E-state index contributed by atoms with van der Waals surface area (Å²) in [5.74, 6) is -1.17. The Labute approximate surface area is 133 Å². The van der Waals surface area contributed by atoms with E-state index in [0.717, 1.165) is 11.1 Å². The van der Waals surface area contributed by atoms with E-state index in [1.54, 1.807) is 18.2 Å². The van der Waals surface area contributed by atoms with E-state index < -0.39 is 5.92 Å². The monoisotopic (exact) mass is 317 g/mol. The molecule has 2 nitrogen and oxygen atoms in total. The van der Waals surface area contributed by atoms with Gasteiger partial charge in [-0.15, -0.1) is 0 Å². The quantitative estimate of drug-likeness (QED) is 0.739. The summed E-state index contributed by atoms with van der Waals surface area (Å²) >= 11 is 12.0. The summed E-state index contributed by atoms with van der Waals surface area (Å²) < 4.78 is 0. The van der Waals surface area contributed by atoms with Crippen LogP contribution in [0.15, 0.2) is 36.4 Å². The van der Waals surface area contributed by atoms with Gasteiger partial charge in [-0.1, -0.05) is 47.5 Å². The van der Waals surface area contributed by atoms with Gasteiger partial charge in [0, 0.05) is 15.6 Å². The van der Waals surface area contributed by atoms with Gasteiger partial charge in [-0.25, -0.2) is 0 Å². The third-order valence-corrected chi connectivity index (χ3v) is 3.95. The number of hydrogen-bond acceptors (Lipinski definition) is 2. The summed E-state index contributed by atoms with van der Waals surface area (Å²) in [6, 6.07) is 12.5. The van der Waals surface area contributed by atoms with Crippen LogP contribution in [0.25, 0.3) is 0 Å². The molecule has 106 valence electrons. The zero-order valence-electron chi connectivity index (χ0n) is 11.7. The lowest BCUT2D eigenvalue weighted by Crippen LogP contribution is -2.14. The van der Waals surface area contributed by atoms with Crippen LogP contribution in [0.1, 0.15) is 33.0 Å². The number of aryl methyl sites for hydroxylation is 2. The molecule has 0 amide bonds. The average Bonchev–Trinajstić information content (AvgIpc) is 2.41. The van der Waals surface area contributed by atoms with Crippen LogP contribution in [-0.2, 0) is 0 Å². The number of benzene rings is 2. The second kappa shape index (κ2) is 6.30. The van der Waals surface area contributed by atoms with E-state index in [-0.39, 0.29) is 5.78 Å². The molecule has 2 aromatic rings. The summed E-state index contributed by atoms with van der Waals surface area (Å²) in [6.07, 6.45) is 0. The fourth-order valence-corrected chi connectivity index (χ4v) is 2.87. The molecule has 0 saturated carbocycles. The summed E-state index contributed by atoms with van der Waals surface area (Å²) in [5, 5.41) is 10.2. The molecule has 0 fully saturated rings. The number of rotatable bonds is 3. The van der Waals surface area contributed by atoms with Crippen LogP contribution >= 0.6 is 23.2 Å². The first-order chi connectivity index (χ1) is 9.95. The first kappa shape index (κ1) is 15.6. The number of carbonyl (C=O) groups excluding carboxylic acids is 1. The molecule has 0 radical (unpaired) electrons. The Morgan fingerprint density at radius 3 is 2.29 bits per heavy atom. The van der Waals surface area contributed by atoms with Gasteiger partial charge in [0.25, 0.3) is 0 Å². The summed E-state index contributed by atoms with van der Waals surface area (Å²) in [6.45, 7) is 3.72. The van der Waals surface area contributed by atoms with Crippen LogP contribution in [0.2, 0.25) is 10.0 Å². The zero-order valence-corrected chi connectivity index (χ0v) is 13.2. The molecule has 0 aromatic heterocycles. The summed E-state index contributed by atoms with van der Waals surface area (Å²) in [7, 11) is 0. The van der Waals surface area contributed by atoms with Crippen molar-refractivity contribution in [2.45, 2.75) is 19.8 Å². The Balaban J connectivity index is 2.52. The molecular weight excluding hydrogens is 305 g/mol. The maximum Gasteiger partial charge on any atom is 0.185 e. The zero-order chi connectivity index (χ0) is 15.6. The molecular formula is C17H13Cl2NO. The standard InChI is InChI=1S/C17H13Cl2NO/c1-10-4-3-5-11(2)16(10)17(21)14(9-20)13-7-6-12(18)8-15(13)19/h3-8,14H,1-2H3. The Morgan fingerprint density at radius 2 is 1.76 bits per heavy atom. The van der Waals surface area contributed by atoms with Crippen LogP contribution in [0.5, 0.6) is 0 Å². The highest BCUT2D eigenvalue weighted by Gasteiger charge is 2.26. The third-order valence-electron chi connectivity index (χ3n) is 3.39. The summed E-state index contributed by atoms with van der Waals surface area (Å²) in [4.78, 5) is 12.7. The van der Waals surface area contributed by atoms with E-state index >= 15 is 0 Å². The topological polar surface area (TPSA) is 40.9 Å². The molecule has 0 aliphatic rings. The van der Waals surface area contributed by atoms with Crippen LogP contribution in [-0.4, -0.2) is 5.78 Å². The first-order valence-electron chi connectivity index (χ1n) is 6.40. The van der Waals surface area contributed by atoms with Gasteiger partial charge in [0.15, 0.2) is 5.78 Å². The van der Waals surface area contributed by atoms with E-state index in [9.17, 15) is 10.1 Å². The van der Waals surface area contributed by atoms with Crippen molar-refractivity contribution in [3.8, 4) is 6.07 Å². The summed E-state index contributed by atoms with van der Waals surface area (Å²) in [5.41, 5.74) is 2.77. The van der Waals surface area contributed by atoms with Gasteiger partial charge in [0.2, 0.25) is 0 Å². The van der Waals surface area contributed by atoms with Gasteiger partial charge in [-0.05, 0) is 42.7 Å². The molecule has 0 spiro atoms. The van der Waals surface area contributed by atoms with Crippen LogP contribution in [0.3, 0.4) is 0 Å². The van der Waals surface area contributed by atoms with Crippen LogP contribution < -0.4 is 0 Å². The maximum absolute atomic E-state index is 12.7. The molecule has 0 aliphatic heterocycles. The van der Waals surface area contributed by atoms with Gasteiger partial charge >= 0.3 is 0 Å². The van der Waals surface area contributed by atoms with Crippen molar-refractivity contribution in [3.05, 3.63) is 68.7 Å². The fourth-order valence-electron chi connectivity index (χ4n) is 2.35. The van der Waals surface area contributed by atoms with Crippen molar-refractivity contribution in [2.24, 2.45) is 0 Å². The van der Waals surface area contributed by atoms with E-state index in [1.165, 1.54) is 0 Å². The molecule has 0 heterocycles. The number of carbonyl (C=O) groups is 1. The molecule has 0 aliphatic carbocycles. The van der Waals surface area contributed by atoms with Crippen molar-refractivity contribution in [2.75, 3.05) is 0 Å². The lowest BCUT2D eigenvalue weighted by Gasteiger charge is -2.14. The molecule has 0 saturated heterocycles. The van der Waals surface area contributed by atoms with Crippen molar-refractivity contribution < 1.29 is 4.79 Å². The Kier molecular flexibility index (Phi) is 4.67. The predicted molar refractivity (Wildman–Crippen MR) is 85.1 cm³/mol. The molecule has 1 atom stereocenters. The molecule has 4 heteroatoms. The first-order valence-corrected chi connectivity index (χ1v) is 7.16. The normalized spacial score (nSPS) is 11.8. The highest BCUT2D eigenvalue weighted by Crippen LogP contribution is 2.31. The highest BCUT2D eigenvalue weighted by molar-refractivity contribution is 6.35. The van der Waals surface area contributed by atoms with Gasteiger partial charge in [0.05, 0.1) is 6.07 Å². The molecule has 2 aromatic carbocycles. The van der Waals surface area contributed by atoms with E-state index in [4.69, 9.17) is 23.2 Å². The predicted octanol–water partition coefficient (Wildman–Crippen LogP) is 5.10. The minimum absolute atomic E-state index is 0.239. The van der Waals surface area contributed by atoms with E-state index in [2.05, 4.69) is 6.07 Å². The number of nitrogens with zero attached hydrogens (tertiary/aromatic N) is 1. The lowest BCUT2D eigenvalue weighted by molar-refractivity contribution is 0.0977. The molecule has 0 bridgehead atoms. The van der Waals surface area contributed by atoms with Crippen molar-refractivity contribution >= 4 is 29.0 Å². The van der Waals surface area contributed by atoms with Gasteiger partial charge in [-0.3, -0.25) is 4.79 Å². The Morgan fingerprint density at radius 1 is 1.14 bits per heavy atom. The van der Waals surface area contributed by atoms with E-state index in [0.29, 0.717) is 21.2 Å². The van der Waals surface area contributed by atoms with Crippen molar-refractivity contribution in [3.63, 3.8) is 0 Å². The van der Waals surface area contributed by atoms with E-state index in [1.807, 2.05) is 32.0 Å². The highest BCUT2D eigenvalue weighted by atomic mass is 35.5. The smallest absolute Gasteiger partial charge is 0.185 e. The molecule has 1 unspecified atom stereocenters. The Bertz CT molecular complexity index is 727. The van der Waals surface area contributed by atoms with Crippen molar-refractivity contribution in [1.82, 2.24) is 0 Å². The fraction of sp³-hybridized carbons (Fsp3) is 0.176. The van der Waals surface area contributed by atoms with Crippen LogP contribution in [0, 0.1) is 25.2 Å². The number of ketones is 1. The minimum atomic E-state index is -0.936. The number of hydrogen-bond donors (Lipinski definition) is 0. The number of nitriles is 1.